The second-order valence-corrected chi connectivity index (χ2v) is 5.69. The second-order valence-electron chi connectivity index (χ2n) is 4.75. The van der Waals surface area contributed by atoms with Crippen LogP contribution in [-0.4, -0.2) is 34.6 Å². The molecular formula is C12H15NO2S. The van der Waals surface area contributed by atoms with Crippen molar-refractivity contribution in [3.05, 3.63) is 11.3 Å². The number of carbonyl (C=O) groups excluding carboxylic acids is 2. The third kappa shape index (κ3) is 1.29. The van der Waals surface area contributed by atoms with Gasteiger partial charge in [0, 0.05) is 31.0 Å². The van der Waals surface area contributed by atoms with Gasteiger partial charge in [0.1, 0.15) is 0 Å². The maximum atomic E-state index is 12.0. The average molecular weight is 237 g/mol. The van der Waals surface area contributed by atoms with Crippen molar-refractivity contribution in [2.75, 3.05) is 12.8 Å². The van der Waals surface area contributed by atoms with Gasteiger partial charge in [0.05, 0.1) is 5.25 Å². The van der Waals surface area contributed by atoms with Gasteiger partial charge in [-0.2, -0.15) is 0 Å². The lowest BCUT2D eigenvalue weighted by molar-refractivity contribution is -0.127. The van der Waals surface area contributed by atoms with E-state index in [9.17, 15) is 9.59 Å². The maximum Gasteiger partial charge on any atom is 0.227 e. The molecule has 2 unspecified atom stereocenters. The van der Waals surface area contributed by atoms with Crippen molar-refractivity contribution in [2.24, 2.45) is 5.92 Å². The van der Waals surface area contributed by atoms with Gasteiger partial charge < -0.3 is 4.90 Å². The number of carbonyl (C=O) groups is 2. The Hall–Kier alpha value is -0.770. The van der Waals surface area contributed by atoms with Crippen molar-refractivity contribution in [2.45, 2.75) is 30.9 Å². The molecule has 3 nitrogen and oxygen atoms in total. The van der Waals surface area contributed by atoms with Gasteiger partial charge in [0.25, 0.3) is 0 Å². The SMILES string of the molecule is CSC1C(=O)CC2CC(=O)N3CCCC1=C23. The lowest BCUT2D eigenvalue weighted by Crippen LogP contribution is -2.37. The molecule has 2 heterocycles. The molecule has 1 aliphatic carbocycles. The van der Waals surface area contributed by atoms with E-state index in [2.05, 4.69) is 0 Å². The van der Waals surface area contributed by atoms with Crippen molar-refractivity contribution in [3.63, 3.8) is 0 Å². The fourth-order valence-electron chi connectivity index (χ4n) is 3.26. The van der Waals surface area contributed by atoms with Crippen LogP contribution in [0.5, 0.6) is 0 Å². The van der Waals surface area contributed by atoms with E-state index in [1.165, 1.54) is 11.3 Å². The molecule has 0 radical (unpaired) electrons. The minimum atomic E-state index is 0.0277. The predicted octanol–water partition coefficient (Wildman–Crippen LogP) is 1.59. The summed E-state index contributed by atoms with van der Waals surface area (Å²) in [4.78, 5) is 25.8. The highest BCUT2D eigenvalue weighted by Crippen LogP contribution is 2.45. The van der Waals surface area contributed by atoms with E-state index in [0.717, 1.165) is 19.4 Å². The number of hydrogen-bond acceptors (Lipinski definition) is 3. The van der Waals surface area contributed by atoms with Gasteiger partial charge in [0.15, 0.2) is 5.78 Å². The van der Waals surface area contributed by atoms with Crippen LogP contribution in [0, 0.1) is 5.92 Å². The van der Waals surface area contributed by atoms with Crippen LogP contribution < -0.4 is 0 Å². The molecule has 4 heteroatoms. The number of Topliss-reactive ketones (excluding diaryl/α,β-unsaturated/α-hetero) is 1. The Bertz CT molecular complexity index is 402. The van der Waals surface area contributed by atoms with Crippen LogP contribution in [0.3, 0.4) is 0 Å². The second kappa shape index (κ2) is 3.62. The minimum absolute atomic E-state index is 0.0277. The van der Waals surface area contributed by atoms with E-state index in [1.54, 1.807) is 11.8 Å². The number of hydrogen-bond donors (Lipinski definition) is 0. The maximum absolute atomic E-state index is 12.0. The Labute approximate surface area is 99.3 Å². The minimum Gasteiger partial charge on any atom is -0.316 e. The summed E-state index contributed by atoms with van der Waals surface area (Å²) in [7, 11) is 0. The molecule has 2 aliphatic heterocycles. The van der Waals surface area contributed by atoms with Crippen LogP contribution in [0.2, 0.25) is 0 Å². The first-order valence-electron chi connectivity index (χ1n) is 5.81. The van der Waals surface area contributed by atoms with Gasteiger partial charge in [0.2, 0.25) is 5.91 Å². The Balaban J connectivity index is 2.09. The zero-order valence-corrected chi connectivity index (χ0v) is 10.2. The summed E-state index contributed by atoms with van der Waals surface area (Å²) < 4.78 is 0. The van der Waals surface area contributed by atoms with Crippen LogP contribution in [0.4, 0.5) is 0 Å². The fourth-order valence-corrected chi connectivity index (χ4v) is 4.14. The van der Waals surface area contributed by atoms with Crippen LogP contribution >= 0.6 is 11.8 Å². The van der Waals surface area contributed by atoms with Crippen LogP contribution in [0.1, 0.15) is 25.7 Å². The van der Waals surface area contributed by atoms with Crippen molar-refractivity contribution in [1.82, 2.24) is 4.90 Å². The molecule has 1 saturated heterocycles. The summed E-state index contributed by atoms with van der Waals surface area (Å²) in [5.74, 6) is 0.762. The molecule has 0 saturated carbocycles. The van der Waals surface area contributed by atoms with Gasteiger partial charge in [-0.25, -0.2) is 0 Å². The molecule has 16 heavy (non-hydrogen) atoms. The molecule has 3 rings (SSSR count). The number of nitrogens with zero attached hydrogens (tertiary/aromatic N) is 1. The summed E-state index contributed by atoms with van der Waals surface area (Å²) in [5, 5.41) is 0.0277. The Kier molecular flexibility index (Phi) is 2.35. The Morgan fingerprint density at radius 2 is 2.12 bits per heavy atom. The lowest BCUT2D eigenvalue weighted by Gasteiger charge is -2.35. The summed E-state index contributed by atoms with van der Waals surface area (Å²) in [6.45, 7) is 0.865. The average Bonchev–Trinajstić information content (AvgIpc) is 2.58. The smallest absolute Gasteiger partial charge is 0.227 e. The van der Waals surface area contributed by atoms with E-state index >= 15 is 0 Å². The molecule has 3 aliphatic rings. The topological polar surface area (TPSA) is 37.4 Å². The summed E-state index contributed by atoms with van der Waals surface area (Å²) in [5.41, 5.74) is 2.47. The lowest BCUT2D eigenvalue weighted by atomic mass is 9.83. The van der Waals surface area contributed by atoms with Crippen molar-refractivity contribution < 1.29 is 9.59 Å². The van der Waals surface area contributed by atoms with Gasteiger partial charge in [-0.3, -0.25) is 9.59 Å². The third-order valence-corrected chi connectivity index (χ3v) is 4.87. The molecule has 0 aromatic heterocycles. The summed E-state index contributed by atoms with van der Waals surface area (Å²) in [6.07, 6.45) is 5.15. The molecule has 0 N–H and O–H groups in total. The highest BCUT2D eigenvalue weighted by atomic mass is 32.2. The standard InChI is InChI=1S/C12H15NO2S/c1-16-12-8-3-2-4-13-10(15)6-7(11(8)13)5-9(12)14/h7,12H,2-6H2,1H3. The number of allylic oxidation sites excluding steroid dienone is 1. The third-order valence-electron chi connectivity index (χ3n) is 3.85. The Morgan fingerprint density at radius 1 is 1.31 bits per heavy atom. The molecule has 0 aromatic rings. The first-order valence-corrected chi connectivity index (χ1v) is 7.10. The van der Waals surface area contributed by atoms with E-state index < -0.39 is 0 Å². The monoisotopic (exact) mass is 237 g/mol. The van der Waals surface area contributed by atoms with Gasteiger partial charge in [-0.15, -0.1) is 11.8 Å². The van der Waals surface area contributed by atoms with Crippen LogP contribution in [-0.2, 0) is 9.59 Å². The van der Waals surface area contributed by atoms with E-state index in [-0.39, 0.29) is 17.1 Å². The highest BCUT2D eigenvalue weighted by molar-refractivity contribution is 8.00. The molecule has 0 spiro atoms. The van der Waals surface area contributed by atoms with Crippen LogP contribution in [0.25, 0.3) is 0 Å². The molecule has 0 aromatic carbocycles. The molecule has 1 amide bonds. The van der Waals surface area contributed by atoms with Crippen LogP contribution in [0.15, 0.2) is 11.3 Å². The summed E-state index contributed by atoms with van der Waals surface area (Å²) in [6, 6.07) is 0. The fraction of sp³-hybridized carbons (Fsp3) is 0.667. The molecule has 86 valence electrons. The Morgan fingerprint density at radius 3 is 2.88 bits per heavy atom. The first kappa shape index (κ1) is 10.4. The normalized spacial score (nSPS) is 33.4. The predicted molar refractivity (Wildman–Crippen MR) is 63.0 cm³/mol. The quantitative estimate of drug-likeness (QED) is 0.695. The molecule has 1 fully saturated rings. The van der Waals surface area contributed by atoms with Gasteiger partial charge >= 0.3 is 0 Å². The summed E-state index contributed by atoms with van der Waals surface area (Å²) >= 11 is 1.63. The van der Waals surface area contributed by atoms with E-state index in [0.29, 0.717) is 18.6 Å². The van der Waals surface area contributed by atoms with Crippen molar-refractivity contribution >= 4 is 23.5 Å². The molecule has 2 atom stereocenters. The largest absolute Gasteiger partial charge is 0.316 e. The molecular weight excluding hydrogens is 222 g/mol. The van der Waals surface area contributed by atoms with Gasteiger partial charge in [-0.1, -0.05) is 0 Å². The van der Waals surface area contributed by atoms with Gasteiger partial charge in [-0.05, 0) is 24.7 Å². The zero-order chi connectivity index (χ0) is 11.3. The van der Waals surface area contributed by atoms with Crippen molar-refractivity contribution in [3.8, 4) is 0 Å². The number of ketones is 1. The number of rotatable bonds is 1. The number of thioether (sulfide) groups is 1. The highest BCUT2D eigenvalue weighted by Gasteiger charge is 2.45. The van der Waals surface area contributed by atoms with Crippen molar-refractivity contribution in [1.29, 1.82) is 0 Å². The number of amides is 1. The first-order chi connectivity index (χ1) is 7.72. The van der Waals surface area contributed by atoms with E-state index in [4.69, 9.17) is 0 Å². The zero-order valence-electron chi connectivity index (χ0n) is 9.36. The van der Waals surface area contributed by atoms with E-state index in [1.807, 2.05) is 11.2 Å². The molecule has 0 bridgehead atoms.